The predicted octanol–water partition coefficient (Wildman–Crippen LogP) is 1.55. The molecule has 1 aliphatic rings. The van der Waals surface area contributed by atoms with E-state index in [1.807, 2.05) is 6.07 Å². The summed E-state index contributed by atoms with van der Waals surface area (Å²) >= 11 is 0. The maximum Gasteiger partial charge on any atom is 0.223 e. The second-order valence-electron chi connectivity index (χ2n) is 3.67. The molecule has 1 fully saturated rings. The minimum atomic E-state index is 0.175. The Kier molecular flexibility index (Phi) is 2.08. The van der Waals surface area contributed by atoms with E-state index in [9.17, 15) is 4.79 Å². The lowest BCUT2D eigenvalue weighted by Crippen LogP contribution is -2.24. The Bertz CT molecular complexity index is 292. The summed E-state index contributed by atoms with van der Waals surface area (Å²) in [6.07, 6.45) is 4.30. The maximum atomic E-state index is 11.4. The fraction of sp³-hybridized carbons (Fsp3) is 0.500. The molecule has 0 unspecified atom stereocenters. The van der Waals surface area contributed by atoms with Crippen LogP contribution in [0.4, 0.5) is 0 Å². The minimum absolute atomic E-state index is 0.175. The highest BCUT2D eigenvalue weighted by atomic mass is 16.3. The number of nitrogens with one attached hydrogen (secondary N) is 1. The number of furan rings is 1. The molecule has 1 aromatic rings. The molecule has 0 saturated heterocycles. The first kappa shape index (κ1) is 8.35. The van der Waals surface area contributed by atoms with Crippen LogP contribution in [-0.4, -0.2) is 5.91 Å². The molecular weight excluding hydrogens is 166 g/mol. The van der Waals surface area contributed by atoms with Gasteiger partial charge in [0.15, 0.2) is 0 Å². The number of carbonyl (C=O) groups is 1. The van der Waals surface area contributed by atoms with E-state index < -0.39 is 0 Å². The summed E-state index contributed by atoms with van der Waals surface area (Å²) < 4.78 is 4.89. The average molecular weight is 179 g/mol. The van der Waals surface area contributed by atoms with Crippen LogP contribution in [0.15, 0.2) is 23.0 Å². The molecule has 70 valence electrons. The minimum Gasteiger partial charge on any atom is -0.472 e. The van der Waals surface area contributed by atoms with Crippen molar-refractivity contribution in [3.63, 3.8) is 0 Å². The summed E-state index contributed by atoms with van der Waals surface area (Å²) in [5.41, 5.74) is 1.02. The van der Waals surface area contributed by atoms with Gasteiger partial charge < -0.3 is 9.73 Å². The summed E-state index contributed by atoms with van der Waals surface area (Å²) in [6, 6.07) is 1.86. The maximum absolute atomic E-state index is 11.4. The van der Waals surface area contributed by atoms with Gasteiger partial charge in [0.1, 0.15) is 0 Å². The quantitative estimate of drug-likeness (QED) is 0.765. The normalized spacial score (nSPS) is 25.6. The standard InChI is InChI=1S/C10H13NO2/c1-7-4-9(7)10(12)11-5-8-2-3-13-6-8/h2-3,6-7,9H,4-5H2,1H3,(H,11,12)/t7-,9-/m1/s1. The summed E-state index contributed by atoms with van der Waals surface area (Å²) in [5, 5.41) is 2.88. The molecule has 0 aromatic carbocycles. The highest BCUT2D eigenvalue weighted by Gasteiger charge is 2.38. The molecule has 0 radical (unpaired) electrons. The van der Waals surface area contributed by atoms with Crippen LogP contribution in [0.1, 0.15) is 18.9 Å². The molecule has 1 amide bonds. The van der Waals surface area contributed by atoms with E-state index in [1.165, 1.54) is 0 Å². The first-order valence-corrected chi connectivity index (χ1v) is 4.56. The highest BCUT2D eigenvalue weighted by Crippen LogP contribution is 2.37. The fourth-order valence-electron chi connectivity index (χ4n) is 1.40. The van der Waals surface area contributed by atoms with Crippen molar-refractivity contribution in [2.45, 2.75) is 19.9 Å². The monoisotopic (exact) mass is 179 g/mol. The van der Waals surface area contributed by atoms with Crippen LogP contribution >= 0.6 is 0 Å². The molecule has 0 bridgehead atoms. The van der Waals surface area contributed by atoms with Gasteiger partial charge in [-0.25, -0.2) is 0 Å². The number of rotatable bonds is 3. The second-order valence-corrected chi connectivity index (χ2v) is 3.67. The largest absolute Gasteiger partial charge is 0.472 e. The van der Waals surface area contributed by atoms with Crippen LogP contribution in [0.2, 0.25) is 0 Å². The third-order valence-electron chi connectivity index (χ3n) is 2.49. The lowest BCUT2D eigenvalue weighted by Gasteiger charge is -2.00. The van der Waals surface area contributed by atoms with Crippen molar-refractivity contribution in [3.05, 3.63) is 24.2 Å². The van der Waals surface area contributed by atoms with Crippen LogP contribution in [0.5, 0.6) is 0 Å². The van der Waals surface area contributed by atoms with E-state index in [0.717, 1.165) is 12.0 Å². The molecule has 1 aliphatic carbocycles. The van der Waals surface area contributed by atoms with Crippen LogP contribution in [0, 0.1) is 11.8 Å². The Balaban J connectivity index is 1.77. The van der Waals surface area contributed by atoms with Crippen LogP contribution < -0.4 is 5.32 Å². The molecule has 0 aliphatic heterocycles. The van der Waals surface area contributed by atoms with Crippen molar-refractivity contribution in [1.29, 1.82) is 0 Å². The van der Waals surface area contributed by atoms with Crippen LogP contribution in [0.25, 0.3) is 0 Å². The average Bonchev–Trinajstić information content (AvgIpc) is 2.68. The molecule has 3 nitrogen and oxygen atoms in total. The molecular formula is C10H13NO2. The lowest BCUT2D eigenvalue weighted by molar-refractivity contribution is -0.122. The molecule has 13 heavy (non-hydrogen) atoms. The predicted molar refractivity (Wildman–Crippen MR) is 47.8 cm³/mol. The van der Waals surface area contributed by atoms with Gasteiger partial charge in [-0.05, 0) is 18.4 Å². The van der Waals surface area contributed by atoms with E-state index in [2.05, 4.69) is 12.2 Å². The van der Waals surface area contributed by atoms with Gasteiger partial charge in [-0.2, -0.15) is 0 Å². The summed E-state index contributed by atoms with van der Waals surface area (Å²) in [7, 11) is 0. The third kappa shape index (κ3) is 1.91. The van der Waals surface area contributed by atoms with Gasteiger partial charge in [0.25, 0.3) is 0 Å². The SMILES string of the molecule is C[C@@H]1C[C@H]1C(=O)NCc1ccoc1. The number of carbonyl (C=O) groups excluding carboxylic acids is 1. The smallest absolute Gasteiger partial charge is 0.223 e. The van der Waals surface area contributed by atoms with E-state index in [0.29, 0.717) is 12.5 Å². The zero-order valence-electron chi connectivity index (χ0n) is 7.62. The molecule has 1 N–H and O–H groups in total. The lowest BCUT2D eigenvalue weighted by atomic mass is 10.3. The van der Waals surface area contributed by atoms with Gasteiger partial charge in [-0.3, -0.25) is 4.79 Å². The number of amides is 1. The highest BCUT2D eigenvalue weighted by molar-refractivity contribution is 5.81. The first-order chi connectivity index (χ1) is 6.27. The Morgan fingerprint density at radius 2 is 2.54 bits per heavy atom. The van der Waals surface area contributed by atoms with Gasteiger partial charge in [-0.1, -0.05) is 6.92 Å². The second kappa shape index (κ2) is 3.24. The van der Waals surface area contributed by atoms with E-state index >= 15 is 0 Å². The van der Waals surface area contributed by atoms with Crippen molar-refractivity contribution in [1.82, 2.24) is 5.32 Å². The zero-order chi connectivity index (χ0) is 9.26. The van der Waals surface area contributed by atoms with Gasteiger partial charge in [0, 0.05) is 18.0 Å². The van der Waals surface area contributed by atoms with Crippen LogP contribution in [-0.2, 0) is 11.3 Å². The van der Waals surface area contributed by atoms with Gasteiger partial charge in [-0.15, -0.1) is 0 Å². The van der Waals surface area contributed by atoms with Crippen molar-refractivity contribution in [3.8, 4) is 0 Å². The van der Waals surface area contributed by atoms with E-state index in [4.69, 9.17) is 4.42 Å². The molecule has 1 heterocycles. The molecule has 2 atom stereocenters. The molecule has 1 saturated carbocycles. The number of hydrogen-bond acceptors (Lipinski definition) is 2. The van der Waals surface area contributed by atoms with Crippen molar-refractivity contribution < 1.29 is 9.21 Å². The van der Waals surface area contributed by atoms with Crippen molar-refractivity contribution in [2.24, 2.45) is 11.8 Å². The topological polar surface area (TPSA) is 42.2 Å². The summed E-state index contributed by atoms with van der Waals surface area (Å²) in [6.45, 7) is 2.68. The van der Waals surface area contributed by atoms with Crippen molar-refractivity contribution >= 4 is 5.91 Å². The van der Waals surface area contributed by atoms with Crippen molar-refractivity contribution in [2.75, 3.05) is 0 Å². The van der Waals surface area contributed by atoms with Gasteiger partial charge in [0.05, 0.1) is 12.5 Å². The third-order valence-corrected chi connectivity index (χ3v) is 2.49. The first-order valence-electron chi connectivity index (χ1n) is 4.56. The Morgan fingerprint density at radius 1 is 1.77 bits per heavy atom. The molecule has 3 heteroatoms. The fourth-order valence-corrected chi connectivity index (χ4v) is 1.40. The van der Waals surface area contributed by atoms with E-state index in [-0.39, 0.29) is 11.8 Å². The molecule has 1 aromatic heterocycles. The van der Waals surface area contributed by atoms with Gasteiger partial charge >= 0.3 is 0 Å². The zero-order valence-corrected chi connectivity index (χ0v) is 7.62. The Morgan fingerprint density at radius 3 is 3.08 bits per heavy atom. The molecule has 2 rings (SSSR count). The number of hydrogen-bond donors (Lipinski definition) is 1. The van der Waals surface area contributed by atoms with Gasteiger partial charge in [0.2, 0.25) is 5.91 Å². The van der Waals surface area contributed by atoms with E-state index in [1.54, 1.807) is 12.5 Å². The Labute approximate surface area is 77.1 Å². The van der Waals surface area contributed by atoms with Crippen LogP contribution in [0.3, 0.4) is 0 Å². The summed E-state index contributed by atoms with van der Waals surface area (Å²) in [5.74, 6) is 1.00. The summed E-state index contributed by atoms with van der Waals surface area (Å²) in [4.78, 5) is 11.4. The molecule has 0 spiro atoms. The Hall–Kier alpha value is -1.25.